The summed E-state index contributed by atoms with van der Waals surface area (Å²) in [7, 11) is 0. The largest absolute Gasteiger partial charge is 0.409 e. The molecule has 2 aromatic heterocycles. The number of hydrogen-bond donors (Lipinski definition) is 2. The Labute approximate surface area is 109 Å². The molecule has 2 aromatic rings. The van der Waals surface area contributed by atoms with E-state index < -0.39 is 6.10 Å². The van der Waals surface area contributed by atoms with Crippen molar-refractivity contribution in [1.29, 1.82) is 0 Å². The Morgan fingerprint density at radius 1 is 1.53 bits per heavy atom. The molecule has 0 radical (unpaired) electrons. The quantitative estimate of drug-likeness (QED) is 0.351. The van der Waals surface area contributed by atoms with Gasteiger partial charge in [-0.25, -0.2) is 4.98 Å². The number of ether oxygens (including phenoxy) is 1. The summed E-state index contributed by atoms with van der Waals surface area (Å²) >= 11 is 0. The lowest BCUT2D eigenvalue weighted by Crippen LogP contribution is -2.49. The van der Waals surface area contributed by atoms with Gasteiger partial charge in [0.05, 0.1) is 13.2 Å². The van der Waals surface area contributed by atoms with Crippen LogP contribution in [-0.4, -0.2) is 46.2 Å². The molecule has 1 saturated heterocycles. The van der Waals surface area contributed by atoms with Crippen LogP contribution in [0.1, 0.15) is 0 Å². The molecule has 0 saturated carbocycles. The second-order valence-corrected chi connectivity index (χ2v) is 4.37. The highest BCUT2D eigenvalue weighted by molar-refractivity contribution is 5.85. The third kappa shape index (κ3) is 2.08. The fourth-order valence-electron chi connectivity index (χ4n) is 2.29. The highest BCUT2D eigenvalue weighted by atomic mass is 16.5. The third-order valence-corrected chi connectivity index (χ3v) is 3.24. The zero-order chi connectivity index (χ0) is 13.2. The first-order chi connectivity index (χ1) is 9.29. The fraction of sp³-hybridized carbons (Fsp3) is 0.333. The van der Waals surface area contributed by atoms with E-state index in [9.17, 15) is 0 Å². The maximum Gasteiger partial charge on any atom is 0.170 e. The molecule has 1 aliphatic heterocycles. The van der Waals surface area contributed by atoms with Gasteiger partial charge in [-0.3, -0.25) is 4.40 Å². The fourth-order valence-corrected chi connectivity index (χ4v) is 2.29. The molecule has 7 heteroatoms. The Balaban J connectivity index is 1.91. The first-order valence-electron chi connectivity index (χ1n) is 6.05. The van der Waals surface area contributed by atoms with E-state index in [2.05, 4.69) is 15.0 Å². The second kappa shape index (κ2) is 4.77. The van der Waals surface area contributed by atoms with Gasteiger partial charge in [0, 0.05) is 18.9 Å². The van der Waals surface area contributed by atoms with Crippen LogP contribution >= 0.6 is 0 Å². The van der Waals surface area contributed by atoms with Gasteiger partial charge in [-0.2, -0.15) is 0 Å². The minimum Gasteiger partial charge on any atom is -0.409 e. The monoisotopic (exact) mass is 261 g/mol. The van der Waals surface area contributed by atoms with Crippen molar-refractivity contribution >= 4 is 17.3 Å². The average molecular weight is 261 g/mol. The number of pyridine rings is 1. The molecule has 19 heavy (non-hydrogen) atoms. The van der Waals surface area contributed by atoms with Crippen molar-refractivity contribution in [2.24, 2.45) is 10.9 Å². The van der Waals surface area contributed by atoms with Crippen LogP contribution in [0.15, 0.2) is 35.7 Å². The number of amidine groups is 1. The van der Waals surface area contributed by atoms with E-state index in [0.29, 0.717) is 13.2 Å². The topological polar surface area (TPSA) is 88.4 Å². The normalized spacial score (nSPS) is 20.9. The molecule has 0 amide bonds. The van der Waals surface area contributed by atoms with Crippen LogP contribution in [0.4, 0.5) is 5.82 Å². The number of anilines is 1. The number of nitrogens with two attached hydrogens (primary N) is 1. The molecule has 1 atom stereocenters. The summed E-state index contributed by atoms with van der Waals surface area (Å²) in [6, 6.07) is 5.93. The summed E-state index contributed by atoms with van der Waals surface area (Å²) in [5, 5.41) is 11.7. The van der Waals surface area contributed by atoms with Crippen LogP contribution in [-0.2, 0) is 4.74 Å². The summed E-state index contributed by atoms with van der Waals surface area (Å²) in [6.07, 6.45) is 3.29. The molecule has 0 bridgehead atoms. The Morgan fingerprint density at radius 2 is 2.42 bits per heavy atom. The lowest BCUT2D eigenvalue weighted by atomic mass is 10.2. The van der Waals surface area contributed by atoms with Gasteiger partial charge in [0.1, 0.15) is 17.6 Å². The van der Waals surface area contributed by atoms with E-state index in [1.807, 2.05) is 28.8 Å². The van der Waals surface area contributed by atoms with E-state index in [4.69, 9.17) is 15.7 Å². The molecule has 1 unspecified atom stereocenters. The maximum absolute atomic E-state index is 8.73. The molecule has 3 heterocycles. The number of fused-ring (bicyclic) bond motifs is 1. The zero-order valence-corrected chi connectivity index (χ0v) is 10.3. The van der Waals surface area contributed by atoms with Gasteiger partial charge in [0.25, 0.3) is 0 Å². The van der Waals surface area contributed by atoms with E-state index in [1.54, 1.807) is 6.20 Å². The van der Waals surface area contributed by atoms with Crippen molar-refractivity contribution in [2.75, 3.05) is 24.6 Å². The molecule has 100 valence electrons. The van der Waals surface area contributed by atoms with Crippen LogP contribution in [0, 0.1) is 0 Å². The molecule has 3 N–H and O–H groups in total. The van der Waals surface area contributed by atoms with Crippen LogP contribution in [0.2, 0.25) is 0 Å². The third-order valence-electron chi connectivity index (χ3n) is 3.24. The summed E-state index contributed by atoms with van der Waals surface area (Å²) < 4.78 is 7.50. The van der Waals surface area contributed by atoms with Crippen molar-refractivity contribution in [3.05, 3.63) is 30.6 Å². The van der Waals surface area contributed by atoms with Crippen LogP contribution in [0.3, 0.4) is 0 Å². The average Bonchev–Trinajstić information content (AvgIpc) is 2.94. The minimum atomic E-state index is -0.391. The van der Waals surface area contributed by atoms with Crippen molar-refractivity contribution in [2.45, 2.75) is 6.10 Å². The van der Waals surface area contributed by atoms with E-state index in [1.165, 1.54) is 0 Å². The summed E-state index contributed by atoms with van der Waals surface area (Å²) in [6.45, 7) is 1.84. The summed E-state index contributed by atoms with van der Waals surface area (Å²) in [5.41, 5.74) is 6.50. The van der Waals surface area contributed by atoms with Crippen molar-refractivity contribution in [3.8, 4) is 0 Å². The molecule has 1 aliphatic rings. The van der Waals surface area contributed by atoms with Crippen molar-refractivity contribution in [1.82, 2.24) is 9.38 Å². The molecule has 7 nitrogen and oxygen atoms in total. The van der Waals surface area contributed by atoms with Gasteiger partial charge in [-0.1, -0.05) is 11.2 Å². The predicted molar refractivity (Wildman–Crippen MR) is 70.6 cm³/mol. The van der Waals surface area contributed by atoms with E-state index in [0.717, 1.165) is 18.0 Å². The zero-order valence-electron chi connectivity index (χ0n) is 10.3. The van der Waals surface area contributed by atoms with Gasteiger partial charge < -0.3 is 20.6 Å². The number of imidazole rings is 1. The molecular formula is C12H15N5O2. The van der Waals surface area contributed by atoms with Gasteiger partial charge in [-0.15, -0.1) is 0 Å². The van der Waals surface area contributed by atoms with Gasteiger partial charge >= 0.3 is 0 Å². The number of morpholine rings is 1. The Kier molecular flexibility index (Phi) is 2.96. The van der Waals surface area contributed by atoms with Crippen molar-refractivity contribution < 1.29 is 9.94 Å². The Morgan fingerprint density at radius 3 is 3.26 bits per heavy atom. The van der Waals surface area contributed by atoms with Crippen molar-refractivity contribution in [3.63, 3.8) is 0 Å². The van der Waals surface area contributed by atoms with Gasteiger partial charge in [0.15, 0.2) is 5.84 Å². The van der Waals surface area contributed by atoms with Gasteiger partial charge in [0.2, 0.25) is 0 Å². The number of oxime groups is 1. The highest BCUT2D eigenvalue weighted by Crippen LogP contribution is 2.19. The van der Waals surface area contributed by atoms with E-state index >= 15 is 0 Å². The molecule has 3 rings (SSSR count). The summed E-state index contributed by atoms with van der Waals surface area (Å²) in [5.74, 6) is 1.12. The lowest BCUT2D eigenvalue weighted by molar-refractivity contribution is 0.0803. The minimum absolute atomic E-state index is 0.0995. The second-order valence-electron chi connectivity index (χ2n) is 4.37. The summed E-state index contributed by atoms with van der Waals surface area (Å²) in [4.78, 5) is 6.40. The standard InChI is InChI=1S/C12H15N5O2/c13-12(15-18)9-8-16(6-7-19-9)11-3-1-2-10-14-4-5-17(10)11/h1-5,9,18H,6-8H2,(H2,13,15). The molecule has 0 aromatic carbocycles. The van der Waals surface area contributed by atoms with Crippen LogP contribution in [0.5, 0.6) is 0 Å². The first kappa shape index (κ1) is 11.8. The highest BCUT2D eigenvalue weighted by Gasteiger charge is 2.25. The van der Waals surface area contributed by atoms with Crippen LogP contribution < -0.4 is 10.6 Å². The first-order valence-corrected chi connectivity index (χ1v) is 6.05. The number of nitrogens with zero attached hydrogens (tertiary/aromatic N) is 4. The molecule has 1 fully saturated rings. The predicted octanol–water partition coefficient (Wildman–Crippen LogP) is 0.286. The number of aromatic nitrogens is 2. The Bertz CT molecular complexity index is 609. The van der Waals surface area contributed by atoms with E-state index in [-0.39, 0.29) is 5.84 Å². The molecule has 0 spiro atoms. The SMILES string of the molecule is N/C(=N/O)C1CN(c2cccc3nccn23)CCO1. The van der Waals surface area contributed by atoms with Crippen LogP contribution in [0.25, 0.3) is 5.65 Å². The molecular weight excluding hydrogens is 246 g/mol. The van der Waals surface area contributed by atoms with Gasteiger partial charge in [-0.05, 0) is 12.1 Å². The lowest BCUT2D eigenvalue weighted by Gasteiger charge is -2.34. The Hall–Kier alpha value is -2.28. The number of rotatable bonds is 2. The number of hydrogen-bond acceptors (Lipinski definition) is 5. The molecule has 0 aliphatic carbocycles. The smallest absolute Gasteiger partial charge is 0.170 e. The maximum atomic E-state index is 8.73.